The molecule has 3 heterocycles. The van der Waals surface area contributed by atoms with Gasteiger partial charge in [-0.1, -0.05) is 86.1 Å². The van der Waals surface area contributed by atoms with Gasteiger partial charge in [0.05, 0.1) is 5.69 Å². The third kappa shape index (κ3) is 4.17. The van der Waals surface area contributed by atoms with E-state index in [2.05, 4.69) is 89.8 Å². The number of rotatable bonds is 5. The van der Waals surface area contributed by atoms with E-state index in [1.54, 1.807) is 0 Å². The first-order valence-corrected chi connectivity index (χ1v) is 13.3. The zero-order valence-electron chi connectivity index (χ0n) is 21.8. The van der Waals surface area contributed by atoms with Crippen molar-refractivity contribution < 1.29 is 4.79 Å². The maximum Gasteiger partial charge on any atom is 0.273 e. The summed E-state index contributed by atoms with van der Waals surface area (Å²) in [5, 5.41) is 3.17. The first-order valence-electron chi connectivity index (χ1n) is 13.3. The van der Waals surface area contributed by atoms with Gasteiger partial charge in [0, 0.05) is 29.6 Å². The van der Waals surface area contributed by atoms with Gasteiger partial charge in [-0.2, -0.15) is 0 Å². The standard InChI is InChI=1S/C33H33N3O/c1-22(2)24-16-18-26(19-17-24)30-28-11-7-8-20-35-29(25-14-12-23(3)13-15-25)21-36(33(28)35)31(30)32(37)34-27-9-5-4-6-10-27/h4-6,9-10,12-19,21-22H,7-8,11,20H2,1-3H3,(H,34,37). The van der Waals surface area contributed by atoms with Crippen LogP contribution in [0.15, 0.2) is 85.1 Å². The lowest BCUT2D eigenvalue weighted by atomic mass is 9.95. The Balaban J connectivity index is 1.60. The molecule has 0 radical (unpaired) electrons. The van der Waals surface area contributed by atoms with Crippen LogP contribution in [0.25, 0.3) is 28.0 Å². The predicted octanol–water partition coefficient (Wildman–Crippen LogP) is 8.10. The molecule has 186 valence electrons. The molecule has 0 spiro atoms. The van der Waals surface area contributed by atoms with Crippen molar-refractivity contribution in [2.24, 2.45) is 0 Å². The van der Waals surface area contributed by atoms with Crippen LogP contribution in [-0.4, -0.2) is 14.9 Å². The summed E-state index contributed by atoms with van der Waals surface area (Å²) in [7, 11) is 0. The highest BCUT2D eigenvalue weighted by Crippen LogP contribution is 2.40. The lowest BCUT2D eigenvalue weighted by Crippen LogP contribution is -2.15. The number of carbonyl (C=O) groups is 1. The second-order valence-corrected chi connectivity index (χ2v) is 10.5. The van der Waals surface area contributed by atoms with E-state index in [4.69, 9.17) is 0 Å². The van der Waals surface area contributed by atoms with Crippen molar-refractivity contribution in [3.8, 4) is 22.4 Å². The number of imidazole rings is 1. The Kier molecular flexibility index (Phi) is 5.96. The maximum absolute atomic E-state index is 14.0. The van der Waals surface area contributed by atoms with Gasteiger partial charge < -0.3 is 9.88 Å². The minimum atomic E-state index is -0.0800. The molecule has 3 aromatic carbocycles. The largest absolute Gasteiger partial charge is 0.325 e. The molecule has 0 bridgehead atoms. The molecule has 1 aliphatic rings. The number of anilines is 1. The van der Waals surface area contributed by atoms with Crippen LogP contribution in [0.5, 0.6) is 0 Å². The highest BCUT2D eigenvalue weighted by atomic mass is 16.1. The number of benzene rings is 3. The van der Waals surface area contributed by atoms with Crippen LogP contribution in [0.2, 0.25) is 0 Å². The van der Waals surface area contributed by atoms with E-state index < -0.39 is 0 Å². The molecule has 6 rings (SSSR count). The van der Waals surface area contributed by atoms with Gasteiger partial charge in [0.2, 0.25) is 0 Å². The summed E-state index contributed by atoms with van der Waals surface area (Å²) >= 11 is 0. The van der Waals surface area contributed by atoms with E-state index in [-0.39, 0.29) is 5.91 Å². The van der Waals surface area contributed by atoms with E-state index in [0.29, 0.717) is 11.6 Å². The monoisotopic (exact) mass is 487 g/mol. The number of nitrogens with zero attached hydrogens (tertiary/aromatic N) is 2. The number of hydrogen-bond acceptors (Lipinski definition) is 1. The molecule has 1 amide bonds. The average molecular weight is 488 g/mol. The van der Waals surface area contributed by atoms with Crippen molar-refractivity contribution >= 4 is 17.2 Å². The van der Waals surface area contributed by atoms with Crippen molar-refractivity contribution in [2.75, 3.05) is 5.32 Å². The fourth-order valence-corrected chi connectivity index (χ4v) is 5.62. The molecule has 37 heavy (non-hydrogen) atoms. The third-order valence-electron chi connectivity index (χ3n) is 7.59. The zero-order valence-corrected chi connectivity index (χ0v) is 21.8. The van der Waals surface area contributed by atoms with Crippen LogP contribution in [-0.2, 0) is 13.0 Å². The lowest BCUT2D eigenvalue weighted by Gasteiger charge is -2.12. The maximum atomic E-state index is 14.0. The second kappa shape index (κ2) is 9.44. The first kappa shape index (κ1) is 23.4. The van der Waals surface area contributed by atoms with Gasteiger partial charge in [-0.3, -0.25) is 9.20 Å². The Morgan fingerprint density at radius 3 is 2.27 bits per heavy atom. The molecule has 0 atom stereocenters. The third-order valence-corrected chi connectivity index (χ3v) is 7.59. The molecule has 0 unspecified atom stereocenters. The van der Waals surface area contributed by atoms with Crippen molar-refractivity contribution in [2.45, 2.75) is 52.5 Å². The number of aryl methyl sites for hydroxylation is 3. The summed E-state index contributed by atoms with van der Waals surface area (Å²) in [6.07, 6.45) is 5.35. The van der Waals surface area contributed by atoms with E-state index in [1.165, 1.54) is 22.3 Å². The lowest BCUT2D eigenvalue weighted by molar-refractivity contribution is 0.102. The van der Waals surface area contributed by atoms with Crippen molar-refractivity contribution in [1.29, 1.82) is 0 Å². The van der Waals surface area contributed by atoms with E-state index in [1.807, 2.05) is 30.3 Å². The first-order chi connectivity index (χ1) is 18.0. The number of carbonyl (C=O) groups excluding carboxylic acids is 1. The summed E-state index contributed by atoms with van der Waals surface area (Å²) in [6, 6.07) is 27.2. The second-order valence-electron chi connectivity index (χ2n) is 10.5. The molecule has 0 aliphatic carbocycles. The molecular weight excluding hydrogens is 454 g/mol. The highest BCUT2D eigenvalue weighted by molar-refractivity contribution is 6.10. The Hall–Kier alpha value is -4.05. The smallest absolute Gasteiger partial charge is 0.273 e. The fourth-order valence-electron chi connectivity index (χ4n) is 5.62. The molecule has 1 aliphatic heterocycles. The summed E-state index contributed by atoms with van der Waals surface area (Å²) < 4.78 is 4.58. The molecule has 0 fully saturated rings. The zero-order chi connectivity index (χ0) is 25.5. The molecule has 2 aromatic heterocycles. The minimum Gasteiger partial charge on any atom is -0.325 e. The Bertz CT molecular complexity index is 1570. The van der Waals surface area contributed by atoms with Gasteiger partial charge in [0.1, 0.15) is 11.3 Å². The summed E-state index contributed by atoms with van der Waals surface area (Å²) in [6.45, 7) is 7.49. The molecule has 0 saturated heterocycles. The number of hydrogen-bond donors (Lipinski definition) is 1. The van der Waals surface area contributed by atoms with Gasteiger partial charge >= 0.3 is 0 Å². The van der Waals surface area contributed by atoms with Crippen molar-refractivity contribution in [1.82, 2.24) is 8.97 Å². The van der Waals surface area contributed by atoms with Crippen LogP contribution in [0.1, 0.15) is 59.8 Å². The van der Waals surface area contributed by atoms with Gasteiger partial charge in [-0.15, -0.1) is 0 Å². The van der Waals surface area contributed by atoms with Crippen LogP contribution in [0.3, 0.4) is 0 Å². The number of amides is 1. The average Bonchev–Trinajstić information content (AvgIpc) is 3.32. The molecular formula is C33H33N3O. The minimum absolute atomic E-state index is 0.0800. The highest BCUT2D eigenvalue weighted by Gasteiger charge is 2.29. The van der Waals surface area contributed by atoms with E-state index >= 15 is 0 Å². The number of para-hydroxylation sites is 1. The van der Waals surface area contributed by atoms with Gasteiger partial charge in [0.25, 0.3) is 5.91 Å². The molecule has 0 saturated carbocycles. The van der Waals surface area contributed by atoms with Crippen molar-refractivity contribution in [3.05, 3.63) is 107 Å². The molecule has 4 heteroatoms. The van der Waals surface area contributed by atoms with Gasteiger partial charge in [-0.05, 0) is 60.9 Å². The summed E-state index contributed by atoms with van der Waals surface area (Å²) in [5.74, 6) is 0.384. The van der Waals surface area contributed by atoms with Crippen LogP contribution in [0.4, 0.5) is 5.69 Å². The molecule has 4 nitrogen and oxygen atoms in total. The van der Waals surface area contributed by atoms with Crippen LogP contribution < -0.4 is 5.32 Å². The van der Waals surface area contributed by atoms with Gasteiger partial charge in [-0.25, -0.2) is 0 Å². The molecule has 5 aromatic rings. The van der Waals surface area contributed by atoms with Gasteiger partial charge in [0.15, 0.2) is 0 Å². The van der Waals surface area contributed by atoms with Crippen LogP contribution >= 0.6 is 0 Å². The topological polar surface area (TPSA) is 38.4 Å². The number of aromatic nitrogens is 2. The SMILES string of the molecule is Cc1ccc(-c2cn3c(C(=O)Nc4ccccc4)c(-c4ccc(C(C)C)cc4)c4c3n2CCCC4)cc1. The summed E-state index contributed by atoms with van der Waals surface area (Å²) in [4.78, 5) is 14.0. The Labute approximate surface area is 218 Å². The van der Waals surface area contributed by atoms with Crippen LogP contribution in [0, 0.1) is 6.92 Å². The quantitative estimate of drug-likeness (QED) is 0.267. The summed E-state index contributed by atoms with van der Waals surface area (Å²) in [5.41, 5.74) is 11.0. The van der Waals surface area contributed by atoms with Crippen molar-refractivity contribution in [3.63, 3.8) is 0 Å². The van der Waals surface area contributed by atoms with E-state index in [0.717, 1.165) is 54.0 Å². The Morgan fingerprint density at radius 1 is 0.865 bits per heavy atom. The predicted molar refractivity (Wildman–Crippen MR) is 152 cm³/mol. The normalized spacial score (nSPS) is 13.2. The Morgan fingerprint density at radius 2 is 1.57 bits per heavy atom. The van der Waals surface area contributed by atoms with E-state index in [9.17, 15) is 4.79 Å². The number of nitrogens with one attached hydrogen (secondary N) is 1. The molecule has 1 N–H and O–H groups in total. The fraction of sp³-hybridized carbons (Fsp3) is 0.242.